The van der Waals surface area contributed by atoms with Crippen molar-refractivity contribution in [3.05, 3.63) is 58.2 Å². The van der Waals surface area contributed by atoms with Gasteiger partial charge in [-0.2, -0.15) is 0 Å². The van der Waals surface area contributed by atoms with Crippen molar-refractivity contribution in [3.63, 3.8) is 0 Å². The van der Waals surface area contributed by atoms with Gasteiger partial charge in [0.2, 0.25) is 5.88 Å². The molecule has 2 rings (SSSR count). The van der Waals surface area contributed by atoms with Crippen molar-refractivity contribution >= 4 is 11.6 Å². The first-order valence-corrected chi connectivity index (χ1v) is 7.49. The second-order valence-electron chi connectivity index (χ2n) is 5.35. The molecule has 3 nitrogen and oxygen atoms in total. The number of nitrogens with zero attached hydrogens (tertiary/aromatic N) is 1. The predicted octanol–water partition coefficient (Wildman–Crippen LogP) is 4.12. The molecular weight excluding hydrogens is 284 g/mol. The van der Waals surface area contributed by atoms with Gasteiger partial charge in [0.05, 0.1) is 0 Å². The van der Waals surface area contributed by atoms with Crippen molar-refractivity contribution in [1.82, 2.24) is 10.3 Å². The monoisotopic (exact) mass is 304 g/mol. The molecule has 0 aliphatic rings. The van der Waals surface area contributed by atoms with Crippen molar-refractivity contribution < 1.29 is 4.74 Å². The number of aryl methyl sites for hydroxylation is 1. The number of nitrogens with one attached hydrogen (secondary N) is 1. The molecule has 0 fully saturated rings. The molecule has 112 valence electrons. The van der Waals surface area contributed by atoms with Gasteiger partial charge >= 0.3 is 0 Å². The Morgan fingerprint density at radius 2 is 2.05 bits per heavy atom. The normalized spacial score (nSPS) is 10.9. The molecule has 0 saturated heterocycles. The molecule has 0 saturated carbocycles. The van der Waals surface area contributed by atoms with E-state index in [1.54, 1.807) is 0 Å². The summed E-state index contributed by atoms with van der Waals surface area (Å²) in [7, 11) is 0. The predicted molar refractivity (Wildman–Crippen MR) is 86.7 cm³/mol. The van der Waals surface area contributed by atoms with E-state index >= 15 is 0 Å². The van der Waals surface area contributed by atoms with Gasteiger partial charge in [0.1, 0.15) is 6.61 Å². The topological polar surface area (TPSA) is 34.1 Å². The lowest BCUT2D eigenvalue weighted by Gasteiger charge is -2.12. The number of hydrogen-bond donors (Lipinski definition) is 1. The van der Waals surface area contributed by atoms with E-state index in [1.807, 2.05) is 37.3 Å². The second kappa shape index (κ2) is 7.43. The lowest BCUT2D eigenvalue weighted by molar-refractivity contribution is 0.293. The van der Waals surface area contributed by atoms with Crippen LogP contribution in [0, 0.1) is 6.92 Å². The molecule has 4 heteroatoms. The summed E-state index contributed by atoms with van der Waals surface area (Å²) in [5.74, 6) is 0.640. The van der Waals surface area contributed by atoms with Crippen LogP contribution >= 0.6 is 11.6 Å². The molecule has 0 bridgehead atoms. The van der Waals surface area contributed by atoms with Crippen molar-refractivity contribution in [3.8, 4) is 5.88 Å². The summed E-state index contributed by atoms with van der Waals surface area (Å²) in [5.41, 5.74) is 3.22. The zero-order valence-electron chi connectivity index (χ0n) is 12.7. The molecule has 1 aromatic heterocycles. The lowest BCUT2D eigenvalue weighted by Crippen LogP contribution is -2.22. The Morgan fingerprint density at radius 3 is 2.71 bits per heavy atom. The van der Waals surface area contributed by atoms with Crippen molar-refractivity contribution in [2.45, 2.75) is 40.0 Å². The van der Waals surface area contributed by atoms with Gasteiger partial charge in [0, 0.05) is 29.4 Å². The summed E-state index contributed by atoms with van der Waals surface area (Å²) in [5, 5.41) is 4.11. The number of rotatable bonds is 6. The molecule has 0 radical (unpaired) electrons. The third-order valence-corrected chi connectivity index (χ3v) is 3.38. The summed E-state index contributed by atoms with van der Waals surface area (Å²) in [6.45, 7) is 7.56. The van der Waals surface area contributed by atoms with Gasteiger partial charge in [-0.05, 0) is 30.2 Å². The highest BCUT2D eigenvalue weighted by atomic mass is 35.5. The second-order valence-corrected chi connectivity index (χ2v) is 5.78. The van der Waals surface area contributed by atoms with Crippen LogP contribution in [0.25, 0.3) is 0 Å². The fraction of sp³-hybridized carbons (Fsp3) is 0.353. The van der Waals surface area contributed by atoms with E-state index in [4.69, 9.17) is 16.3 Å². The van der Waals surface area contributed by atoms with Gasteiger partial charge in [-0.3, -0.25) is 0 Å². The van der Waals surface area contributed by atoms with E-state index in [9.17, 15) is 0 Å². The molecule has 0 spiro atoms. The van der Waals surface area contributed by atoms with Crippen LogP contribution < -0.4 is 10.1 Å². The van der Waals surface area contributed by atoms with Crippen molar-refractivity contribution in [2.75, 3.05) is 0 Å². The lowest BCUT2D eigenvalue weighted by atomic mass is 10.2. The Morgan fingerprint density at radius 1 is 1.24 bits per heavy atom. The Balaban J connectivity index is 1.97. The van der Waals surface area contributed by atoms with E-state index < -0.39 is 0 Å². The third-order valence-electron chi connectivity index (χ3n) is 3.15. The Hall–Kier alpha value is -1.58. The van der Waals surface area contributed by atoms with Crippen LogP contribution in [-0.4, -0.2) is 11.0 Å². The highest BCUT2D eigenvalue weighted by Crippen LogP contribution is 2.16. The van der Waals surface area contributed by atoms with Crippen molar-refractivity contribution in [2.24, 2.45) is 0 Å². The van der Waals surface area contributed by atoms with Crippen LogP contribution in [0.15, 0.2) is 36.4 Å². The van der Waals surface area contributed by atoms with Crippen LogP contribution in [0.4, 0.5) is 0 Å². The van der Waals surface area contributed by atoms with Crippen molar-refractivity contribution in [1.29, 1.82) is 0 Å². The zero-order valence-corrected chi connectivity index (χ0v) is 13.4. The fourth-order valence-corrected chi connectivity index (χ4v) is 2.15. The van der Waals surface area contributed by atoms with E-state index in [0.717, 1.165) is 22.8 Å². The molecule has 0 unspecified atom stereocenters. The van der Waals surface area contributed by atoms with Crippen LogP contribution in [0.1, 0.15) is 30.7 Å². The highest BCUT2D eigenvalue weighted by Gasteiger charge is 2.04. The summed E-state index contributed by atoms with van der Waals surface area (Å²) in [6.07, 6.45) is 0. The number of hydrogen-bond acceptors (Lipinski definition) is 3. The minimum atomic E-state index is 0.461. The maximum absolute atomic E-state index is 5.95. The Labute approximate surface area is 131 Å². The number of pyridine rings is 1. The first-order chi connectivity index (χ1) is 10.0. The maximum atomic E-state index is 5.95. The summed E-state index contributed by atoms with van der Waals surface area (Å²) >= 11 is 5.95. The molecule has 0 aliphatic carbocycles. The summed E-state index contributed by atoms with van der Waals surface area (Å²) < 4.78 is 5.72. The fourth-order valence-electron chi connectivity index (χ4n) is 1.93. The summed E-state index contributed by atoms with van der Waals surface area (Å²) in [6, 6.07) is 12.1. The number of aromatic nitrogens is 1. The van der Waals surface area contributed by atoms with Gasteiger partial charge in [0.25, 0.3) is 0 Å². The van der Waals surface area contributed by atoms with E-state index in [-0.39, 0.29) is 0 Å². The molecule has 0 atom stereocenters. The third kappa shape index (κ3) is 5.03. The van der Waals surface area contributed by atoms with Gasteiger partial charge in [-0.1, -0.05) is 43.6 Å². The average Bonchev–Trinajstić information content (AvgIpc) is 2.44. The molecule has 2 aromatic rings. The van der Waals surface area contributed by atoms with Crippen LogP contribution in [0.2, 0.25) is 5.02 Å². The highest BCUT2D eigenvalue weighted by molar-refractivity contribution is 6.30. The first kappa shape index (κ1) is 15.8. The standard InChI is InChI=1S/C17H21ClN2O/c1-12(2)19-10-15-7-8-17(20-13(15)3)21-11-14-5-4-6-16(18)9-14/h4-9,12,19H,10-11H2,1-3H3. The van der Waals surface area contributed by atoms with Gasteiger partial charge in [-0.25, -0.2) is 4.98 Å². The number of benzene rings is 1. The minimum Gasteiger partial charge on any atom is -0.473 e. The number of halogens is 1. The maximum Gasteiger partial charge on any atom is 0.213 e. The zero-order chi connectivity index (χ0) is 15.2. The smallest absolute Gasteiger partial charge is 0.213 e. The Kier molecular flexibility index (Phi) is 5.59. The first-order valence-electron chi connectivity index (χ1n) is 7.12. The average molecular weight is 305 g/mol. The number of ether oxygens (including phenoxy) is 1. The largest absolute Gasteiger partial charge is 0.473 e. The molecule has 21 heavy (non-hydrogen) atoms. The molecule has 1 heterocycles. The molecule has 0 aliphatic heterocycles. The Bertz CT molecular complexity index is 599. The van der Waals surface area contributed by atoms with Crippen LogP contribution in [-0.2, 0) is 13.2 Å². The van der Waals surface area contributed by atoms with E-state index in [1.165, 1.54) is 5.56 Å². The van der Waals surface area contributed by atoms with Gasteiger partial charge < -0.3 is 10.1 Å². The molecule has 1 N–H and O–H groups in total. The van der Waals surface area contributed by atoms with Gasteiger partial charge in [0.15, 0.2) is 0 Å². The van der Waals surface area contributed by atoms with E-state index in [2.05, 4.69) is 30.2 Å². The molecular formula is C17H21ClN2O. The molecule has 0 amide bonds. The van der Waals surface area contributed by atoms with Gasteiger partial charge in [-0.15, -0.1) is 0 Å². The quantitative estimate of drug-likeness (QED) is 0.871. The molecule has 1 aromatic carbocycles. The van der Waals surface area contributed by atoms with Crippen LogP contribution in [0.5, 0.6) is 5.88 Å². The van der Waals surface area contributed by atoms with E-state index in [0.29, 0.717) is 18.5 Å². The van der Waals surface area contributed by atoms with Crippen LogP contribution in [0.3, 0.4) is 0 Å². The summed E-state index contributed by atoms with van der Waals surface area (Å²) in [4.78, 5) is 4.49. The SMILES string of the molecule is Cc1nc(OCc2cccc(Cl)c2)ccc1CNC(C)C. The minimum absolute atomic E-state index is 0.461.